The summed E-state index contributed by atoms with van der Waals surface area (Å²) in [6, 6.07) is 11.3. The summed E-state index contributed by atoms with van der Waals surface area (Å²) < 4.78 is 32.9. The van der Waals surface area contributed by atoms with Gasteiger partial charge in [0.25, 0.3) is 5.91 Å². The number of carbonyl (C=O) groups is 3. The van der Waals surface area contributed by atoms with Crippen LogP contribution in [0.3, 0.4) is 0 Å². The number of nitrogens with one attached hydrogen (secondary N) is 2. The molecule has 0 spiro atoms. The van der Waals surface area contributed by atoms with Gasteiger partial charge in [-0.25, -0.2) is 8.42 Å². The van der Waals surface area contributed by atoms with E-state index in [-0.39, 0.29) is 34.4 Å². The fourth-order valence-corrected chi connectivity index (χ4v) is 6.43. The van der Waals surface area contributed by atoms with Gasteiger partial charge in [-0.1, -0.05) is 19.1 Å². The molecule has 2 heterocycles. The van der Waals surface area contributed by atoms with Crippen molar-refractivity contribution in [1.82, 2.24) is 9.62 Å². The zero-order valence-electron chi connectivity index (χ0n) is 19.8. The minimum atomic E-state index is -3.78. The standard InChI is InChI=1S/C25H29N3O6S/c1-3-25(13-12-22(29)27-24(25)31)18-7-9-19(10-8-18)26-23(30)17-6-11-20(34-2)21(16-17)35(32,33)28-14-4-5-15-28/h6-11,16H,3-5,12-15H2,1-2H3,(H,26,30)(H,27,29,31). The highest BCUT2D eigenvalue weighted by atomic mass is 32.2. The Morgan fingerprint density at radius 1 is 1.11 bits per heavy atom. The summed E-state index contributed by atoms with van der Waals surface area (Å²) >= 11 is 0. The minimum absolute atomic E-state index is 0.0346. The lowest BCUT2D eigenvalue weighted by atomic mass is 9.72. The molecule has 2 aromatic rings. The lowest BCUT2D eigenvalue weighted by molar-refractivity contribution is -0.138. The van der Waals surface area contributed by atoms with Crippen molar-refractivity contribution in [1.29, 1.82) is 0 Å². The number of ether oxygens (including phenoxy) is 1. The van der Waals surface area contributed by atoms with E-state index in [0.717, 1.165) is 18.4 Å². The molecule has 0 aliphatic carbocycles. The van der Waals surface area contributed by atoms with Crippen molar-refractivity contribution in [3.63, 3.8) is 0 Å². The fourth-order valence-electron chi connectivity index (χ4n) is 4.73. The lowest BCUT2D eigenvalue weighted by Gasteiger charge is -2.35. The molecule has 0 bridgehead atoms. The molecule has 4 rings (SSSR count). The topological polar surface area (TPSA) is 122 Å². The molecular formula is C25H29N3O6S. The second-order valence-electron chi connectivity index (χ2n) is 8.82. The first kappa shape index (κ1) is 24.9. The number of methoxy groups -OCH3 is 1. The van der Waals surface area contributed by atoms with Crippen LogP contribution in [0, 0.1) is 0 Å². The third kappa shape index (κ3) is 4.68. The molecule has 2 N–H and O–H groups in total. The molecule has 9 nitrogen and oxygen atoms in total. The van der Waals surface area contributed by atoms with E-state index in [1.54, 1.807) is 24.3 Å². The molecule has 186 valence electrons. The minimum Gasteiger partial charge on any atom is -0.495 e. The number of anilines is 1. The summed E-state index contributed by atoms with van der Waals surface area (Å²) in [5, 5.41) is 5.20. The van der Waals surface area contributed by atoms with Crippen molar-refractivity contribution >= 4 is 33.4 Å². The van der Waals surface area contributed by atoms with Gasteiger partial charge in [-0.05, 0) is 61.6 Å². The van der Waals surface area contributed by atoms with Gasteiger partial charge in [0.15, 0.2) is 0 Å². The maximum absolute atomic E-state index is 13.1. The van der Waals surface area contributed by atoms with E-state index in [9.17, 15) is 22.8 Å². The first-order valence-electron chi connectivity index (χ1n) is 11.7. The molecule has 10 heteroatoms. The number of piperidine rings is 1. The lowest BCUT2D eigenvalue weighted by Crippen LogP contribution is -2.51. The summed E-state index contributed by atoms with van der Waals surface area (Å²) in [5.41, 5.74) is 0.664. The Bertz CT molecular complexity index is 1250. The fraction of sp³-hybridized carbons (Fsp3) is 0.400. The van der Waals surface area contributed by atoms with E-state index >= 15 is 0 Å². The van der Waals surface area contributed by atoms with Crippen molar-refractivity contribution < 1.29 is 27.5 Å². The number of benzene rings is 2. The number of rotatable bonds is 7. The van der Waals surface area contributed by atoms with Crippen LogP contribution in [-0.2, 0) is 25.0 Å². The predicted molar refractivity (Wildman–Crippen MR) is 130 cm³/mol. The molecule has 2 saturated heterocycles. The van der Waals surface area contributed by atoms with Crippen LogP contribution in [0.1, 0.15) is 54.9 Å². The van der Waals surface area contributed by atoms with Gasteiger partial charge in [-0.3, -0.25) is 19.7 Å². The van der Waals surface area contributed by atoms with Crippen molar-refractivity contribution in [2.45, 2.75) is 49.3 Å². The molecule has 2 aliphatic rings. The highest BCUT2D eigenvalue weighted by molar-refractivity contribution is 7.89. The maximum Gasteiger partial charge on any atom is 0.255 e. The van der Waals surface area contributed by atoms with E-state index in [0.29, 0.717) is 31.6 Å². The monoisotopic (exact) mass is 499 g/mol. The summed E-state index contributed by atoms with van der Waals surface area (Å²) in [4.78, 5) is 37.1. The number of amides is 3. The first-order valence-corrected chi connectivity index (χ1v) is 13.1. The van der Waals surface area contributed by atoms with E-state index in [1.807, 2.05) is 6.92 Å². The molecule has 1 atom stereocenters. The quantitative estimate of drug-likeness (QED) is 0.565. The molecule has 0 aromatic heterocycles. The highest BCUT2D eigenvalue weighted by Gasteiger charge is 2.42. The number of sulfonamides is 1. The molecule has 35 heavy (non-hydrogen) atoms. The van der Waals surface area contributed by atoms with Crippen molar-refractivity contribution in [2.75, 3.05) is 25.5 Å². The number of hydrogen-bond acceptors (Lipinski definition) is 6. The molecule has 1 unspecified atom stereocenters. The average Bonchev–Trinajstić information content (AvgIpc) is 3.41. The number of nitrogens with zero attached hydrogens (tertiary/aromatic N) is 1. The molecule has 0 saturated carbocycles. The van der Waals surface area contributed by atoms with E-state index in [4.69, 9.17) is 4.74 Å². The van der Waals surface area contributed by atoms with Gasteiger partial charge in [-0.2, -0.15) is 4.31 Å². The van der Waals surface area contributed by atoms with Crippen LogP contribution in [0.4, 0.5) is 5.69 Å². The van der Waals surface area contributed by atoms with Crippen molar-refractivity contribution in [2.24, 2.45) is 0 Å². The summed E-state index contributed by atoms with van der Waals surface area (Å²) in [7, 11) is -2.39. The van der Waals surface area contributed by atoms with Crippen LogP contribution < -0.4 is 15.4 Å². The summed E-state index contributed by atoms with van der Waals surface area (Å²) in [6.07, 6.45) is 2.85. The summed E-state index contributed by atoms with van der Waals surface area (Å²) in [6.45, 7) is 2.79. The molecular weight excluding hydrogens is 470 g/mol. The Balaban J connectivity index is 1.55. The Kier molecular flexibility index (Phi) is 6.95. The molecule has 2 aromatic carbocycles. The van der Waals surface area contributed by atoms with Crippen molar-refractivity contribution in [3.05, 3.63) is 53.6 Å². The number of hydrogen-bond donors (Lipinski definition) is 2. The van der Waals surface area contributed by atoms with Crippen LogP contribution >= 0.6 is 0 Å². The van der Waals surface area contributed by atoms with Crippen LogP contribution in [0.5, 0.6) is 5.75 Å². The molecule has 0 radical (unpaired) electrons. The second kappa shape index (κ2) is 9.79. The van der Waals surface area contributed by atoms with Gasteiger partial charge in [0.1, 0.15) is 10.6 Å². The van der Waals surface area contributed by atoms with Crippen molar-refractivity contribution in [3.8, 4) is 5.75 Å². The Morgan fingerprint density at radius 2 is 1.80 bits per heavy atom. The Morgan fingerprint density at radius 3 is 2.40 bits per heavy atom. The second-order valence-corrected chi connectivity index (χ2v) is 10.7. The Labute approximate surface area is 204 Å². The predicted octanol–water partition coefficient (Wildman–Crippen LogP) is 2.82. The van der Waals surface area contributed by atoms with Crippen LogP contribution in [0.2, 0.25) is 0 Å². The SMILES string of the molecule is CCC1(c2ccc(NC(=O)c3ccc(OC)c(S(=O)(=O)N4CCCC4)c3)cc2)CCC(=O)NC1=O. The molecule has 2 fully saturated rings. The van der Waals surface area contributed by atoms with Gasteiger partial charge in [0.2, 0.25) is 21.8 Å². The van der Waals surface area contributed by atoms with Crippen LogP contribution in [0.25, 0.3) is 0 Å². The third-order valence-electron chi connectivity index (χ3n) is 6.87. The van der Waals surface area contributed by atoms with E-state index in [2.05, 4.69) is 10.6 Å². The largest absolute Gasteiger partial charge is 0.495 e. The first-order chi connectivity index (χ1) is 16.7. The number of imide groups is 1. The van der Waals surface area contributed by atoms with Gasteiger partial charge in [0.05, 0.1) is 12.5 Å². The average molecular weight is 500 g/mol. The Hall–Kier alpha value is -3.24. The van der Waals surface area contributed by atoms with Gasteiger partial charge >= 0.3 is 0 Å². The van der Waals surface area contributed by atoms with Gasteiger partial charge in [0, 0.05) is 30.8 Å². The smallest absolute Gasteiger partial charge is 0.255 e. The molecule has 2 aliphatic heterocycles. The van der Waals surface area contributed by atoms with Crippen LogP contribution in [0.15, 0.2) is 47.4 Å². The zero-order valence-corrected chi connectivity index (χ0v) is 20.6. The van der Waals surface area contributed by atoms with Gasteiger partial charge in [-0.15, -0.1) is 0 Å². The van der Waals surface area contributed by atoms with E-state index < -0.39 is 21.3 Å². The molecule has 3 amide bonds. The third-order valence-corrected chi connectivity index (χ3v) is 8.79. The van der Waals surface area contributed by atoms with E-state index in [1.165, 1.54) is 29.6 Å². The normalized spacial score (nSPS) is 21.0. The maximum atomic E-state index is 13.1. The summed E-state index contributed by atoms with van der Waals surface area (Å²) in [5.74, 6) is -0.858. The van der Waals surface area contributed by atoms with Crippen LogP contribution in [-0.4, -0.2) is 50.6 Å². The highest BCUT2D eigenvalue weighted by Crippen LogP contribution is 2.36. The zero-order chi connectivity index (χ0) is 25.2. The van der Waals surface area contributed by atoms with Gasteiger partial charge < -0.3 is 10.1 Å². The number of carbonyl (C=O) groups excluding carboxylic acids is 3.